The molecule has 98 valence electrons. The molecule has 0 aliphatic heterocycles. The third-order valence-electron chi connectivity index (χ3n) is 3.52. The van der Waals surface area contributed by atoms with Crippen molar-refractivity contribution in [2.24, 2.45) is 0 Å². The molecule has 0 saturated carbocycles. The van der Waals surface area contributed by atoms with Gasteiger partial charge >= 0.3 is 0 Å². The topological polar surface area (TPSA) is 38.0 Å². The molecule has 0 amide bonds. The zero-order chi connectivity index (χ0) is 13.0. The lowest BCUT2D eigenvalue weighted by Gasteiger charge is -2.15. The van der Waals surface area contributed by atoms with E-state index in [0.29, 0.717) is 6.04 Å². The number of rotatable bonds is 6. The molecule has 17 heavy (non-hydrogen) atoms. The molecule has 3 heteroatoms. The Balaban J connectivity index is 3.30. The van der Waals surface area contributed by atoms with Gasteiger partial charge in [-0.25, -0.2) is 0 Å². The van der Waals surface area contributed by atoms with Gasteiger partial charge < -0.3 is 5.11 Å². The van der Waals surface area contributed by atoms with E-state index in [1.165, 1.54) is 5.69 Å². The van der Waals surface area contributed by atoms with Crippen LogP contribution in [0.5, 0.6) is 0 Å². The summed E-state index contributed by atoms with van der Waals surface area (Å²) in [5, 5.41) is 14.9. The smallest absolute Gasteiger partial charge is 0.0823 e. The van der Waals surface area contributed by atoms with Crippen LogP contribution in [0.25, 0.3) is 0 Å². The maximum Gasteiger partial charge on any atom is 0.0823 e. The molecule has 0 fully saturated rings. The Hall–Kier alpha value is -0.830. The highest BCUT2D eigenvalue weighted by molar-refractivity contribution is 5.29. The number of aliphatic hydroxyl groups is 1. The van der Waals surface area contributed by atoms with Crippen molar-refractivity contribution in [2.75, 3.05) is 0 Å². The van der Waals surface area contributed by atoms with Gasteiger partial charge in [-0.3, -0.25) is 4.68 Å². The molecule has 1 heterocycles. The van der Waals surface area contributed by atoms with E-state index >= 15 is 0 Å². The molecular weight excluding hydrogens is 212 g/mol. The highest BCUT2D eigenvalue weighted by Crippen LogP contribution is 2.28. The molecule has 1 aromatic rings. The van der Waals surface area contributed by atoms with Crippen molar-refractivity contribution in [2.45, 2.75) is 72.4 Å². The highest BCUT2D eigenvalue weighted by atomic mass is 16.3. The first-order chi connectivity index (χ1) is 8.10. The molecule has 0 bridgehead atoms. The van der Waals surface area contributed by atoms with E-state index in [2.05, 4.69) is 32.4 Å². The van der Waals surface area contributed by atoms with Crippen LogP contribution in [0.15, 0.2) is 0 Å². The van der Waals surface area contributed by atoms with Crippen molar-refractivity contribution in [3.05, 3.63) is 17.0 Å². The SMILES string of the molecule is CCc1nn(C(C)CC)c(CC)c1C(O)CC. The summed E-state index contributed by atoms with van der Waals surface area (Å²) in [5.41, 5.74) is 3.36. The van der Waals surface area contributed by atoms with Crippen LogP contribution >= 0.6 is 0 Å². The Morgan fingerprint density at radius 2 is 1.76 bits per heavy atom. The lowest BCUT2D eigenvalue weighted by molar-refractivity contribution is 0.171. The molecule has 1 N–H and O–H groups in total. The molecule has 2 atom stereocenters. The summed E-state index contributed by atoms with van der Waals surface area (Å²) in [5.74, 6) is 0. The molecule has 2 unspecified atom stereocenters. The first-order valence-electron chi connectivity index (χ1n) is 6.88. The predicted octanol–water partition coefficient (Wildman–Crippen LogP) is 3.42. The fourth-order valence-electron chi connectivity index (χ4n) is 2.27. The summed E-state index contributed by atoms with van der Waals surface area (Å²) in [7, 11) is 0. The van der Waals surface area contributed by atoms with Crippen molar-refractivity contribution in [3.63, 3.8) is 0 Å². The summed E-state index contributed by atoms with van der Waals surface area (Å²) in [6.07, 6.45) is 3.29. The van der Waals surface area contributed by atoms with Gasteiger partial charge in [0.25, 0.3) is 0 Å². The van der Waals surface area contributed by atoms with Gasteiger partial charge in [-0.2, -0.15) is 5.10 Å². The zero-order valence-corrected chi connectivity index (χ0v) is 11.8. The van der Waals surface area contributed by atoms with Gasteiger partial charge in [0.15, 0.2) is 0 Å². The van der Waals surface area contributed by atoms with Gasteiger partial charge in [-0.05, 0) is 32.6 Å². The van der Waals surface area contributed by atoms with Crippen LogP contribution in [0, 0.1) is 0 Å². The van der Waals surface area contributed by atoms with Gasteiger partial charge in [0.1, 0.15) is 0 Å². The maximum absolute atomic E-state index is 10.2. The molecule has 0 aliphatic rings. The van der Waals surface area contributed by atoms with Crippen molar-refractivity contribution in [1.82, 2.24) is 9.78 Å². The van der Waals surface area contributed by atoms with Crippen LogP contribution in [-0.4, -0.2) is 14.9 Å². The lowest BCUT2D eigenvalue weighted by Crippen LogP contribution is -2.10. The second kappa shape index (κ2) is 6.20. The van der Waals surface area contributed by atoms with Gasteiger partial charge in [0.2, 0.25) is 0 Å². The Morgan fingerprint density at radius 1 is 1.12 bits per heavy atom. The molecule has 0 spiro atoms. The first kappa shape index (κ1) is 14.2. The van der Waals surface area contributed by atoms with E-state index in [-0.39, 0.29) is 6.10 Å². The lowest BCUT2D eigenvalue weighted by atomic mass is 10.0. The Morgan fingerprint density at radius 3 is 2.18 bits per heavy atom. The Bertz CT molecular complexity index is 357. The summed E-state index contributed by atoms with van der Waals surface area (Å²) < 4.78 is 2.12. The summed E-state index contributed by atoms with van der Waals surface area (Å²) >= 11 is 0. The number of hydrogen-bond donors (Lipinski definition) is 1. The molecule has 1 rings (SSSR count). The van der Waals surface area contributed by atoms with Gasteiger partial charge in [0.05, 0.1) is 11.8 Å². The number of hydrogen-bond acceptors (Lipinski definition) is 2. The number of aromatic nitrogens is 2. The van der Waals surface area contributed by atoms with E-state index in [4.69, 9.17) is 5.10 Å². The Kier molecular flexibility index (Phi) is 5.19. The van der Waals surface area contributed by atoms with Crippen LogP contribution in [0.3, 0.4) is 0 Å². The van der Waals surface area contributed by atoms with Crippen molar-refractivity contribution < 1.29 is 5.11 Å². The molecule has 1 aromatic heterocycles. The standard InChI is InChI=1S/C14H26N2O/c1-6-10(5)16-12(8-3)14(13(17)9-4)11(7-2)15-16/h10,13,17H,6-9H2,1-5H3. The van der Waals surface area contributed by atoms with E-state index in [1.54, 1.807) is 0 Å². The molecule has 3 nitrogen and oxygen atoms in total. The molecule has 0 radical (unpaired) electrons. The van der Waals surface area contributed by atoms with Gasteiger partial charge in [-0.15, -0.1) is 0 Å². The average Bonchev–Trinajstić information content (AvgIpc) is 2.75. The van der Waals surface area contributed by atoms with E-state index < -0.39 is 0 Å². The average molecular weight is 238 g/mol. The minimum absolute atomic E-state index is 0.363. The quantitative estimate of drug-likeness (QED) is 0.824. The summed E-state index contributed by atoms with van der Waals surface area (Å²) in [4.78, 5) is 0. The van der Waals surface area contributed by atoms with Crippen LogP contribution in [-0.2, 0) is 12.8 Å². The first-order valence-corrected chi connectivity index (χ1v) is 6.88. The van der Waals surface area contributed by atoms with Crippen molar-refractivity contribution in [1.29, 1.82) is 0 Å². The van der Waals surface area contributed by atoms with Crippen LogP contribution in [0.4, 0.5) is 0 Å². The van der Waals surface area contributed by atoms with Gasteiger partial charge in [-0.1, -0.05) is 27.7 Å². The molecule has 0 aromatic carbocycles. The van der Waals surface area contributed by atoms with Crippen LogP contribution in [0.2, 0.25) is 0 Å². The summed E-state index contributed by atoms with van der Waals surface area (Å²) in [6.45, 7) is 10.6. The fourth-order valence-corrected chi connectivity index (χ4v) is 2.27. The minimum Gasteiger partial charge on any atom is -0.388 e. The third kappa shape index (κ3) is 2.71. The van der Waals surface area contributed by atoms with Crippen LogP contribution < -0.4 is 0 Å². The largest absolute Gasteiger partial charge is 0.388 e. The fraction of sp³-hybridized carbons (Fsp3) is 0.786. The van der Waals surface area contributed by atoms with Crippen molar-refractivity contribution >= 4 is 0 Å². The van der Waals surface area contributed by atoms with Crippen molar-refractivity contribution in [3.8, 4) is 0 Å². The number of aryl methyl sites for hydroxylation is 1. The normalized spacial score (nSPS) is 14.9. The molecular formula is C14H26N2O. The van der Waals surface area contributed by atoms with E-state index in [1.807, 2.05) is 6.92 Å². The second-order valence-corrected chi connectivity index (χ2v) is 4.64. The zero-order valence-electron chi connectivity index (χ0n) is 11.8. The Labute approximate surface area is 105 Å². The van der Waals surface area contributed by atoms with Crippen LogP contribution in [0.1, 0.15) is 76.6 Å². The maximum atomic E-state index is 10.2. The number of aliphatic hydroxyl groups excluding tert-OH is 1. The molecule has 0 aliphatic carbocycles. The minimum atomic E-state index is -0.363. The third-order valence-corrected chi connectivity index (χ3v) is 3.52. The predicted molar refractivity (Wildman–Crippen MR) is 71.2 cm³/mol. The highest BCUT2D eigenvalue weighted by Gasteiger charge is 2.22. The monoisotopic (exact) mass is 238 g/mol. The second-order valence-electron chi connectivity index (χ2n) is 4.64. The van der Waals surface area contributed by atoms with E-state index in [9.17, 15) is 5.11 Å². The molecule has 0 saturated heterocycles. The van der Waals surface area contributed by atoms with E-state index in [0.717, 1.165) is 36.9 Å². The van der Waals surface area contributed by atoms with Gasteiger partial charge in [0, 0.05) is 17.3 Å². The summed E-state index contributed by atoms with van der Waals surface area (Å²) in [6, 6.07) is 0.410. The number of nitrogens with zero attached hydrogens (tertiary/aromatic N) is 2.